The van der Waals surface area contributed by atoms with Gasteiger partial charge in [0.2, 0.25) is 0 Å². The first kappa shape index (κ1) is 29.8. The molecule has 5 nitrogen and oxygen atoms in total. The second kappa shape index (κ2) is 16.0. The number of hydrogen-bond donors (Lipinski definition) is 0. The van der Waals surface area contributed by atoms with Gasteiger partial charge in [-0.15, -0.1) is 29.7 Å². The molecule has 61 heavy (non-hydrogen) atoms. The Balaban J connectivity index is 0.00000553. The summed E-state index contributed by atoms with van der Waals surface area (Å²) < 4.78 is 79.6. The van der Waals surface area contributed by atoms with Gasteiger partial charge in [-0.05, 0) is 81.6 Å². The van der Waals surface area contributed by atoms with E-state index in [1.54, 1.807) is 4.57 Å². The number of rotatable bonds is 8. The van der Waals surface area contributed by atoms with Gasteiger partial charge < -0.3 is 13.9 Å². The zero-order chi connectivity index (χ0) is 46.8. The van der Waals surface area contributed by atoms with Crippen LogP contribution < -0.4 is 9.30 Å². The van der Waals surface area contributed by atoms with Crippen LogP contribution in [0.15, 0.2) is 200 Å². The molecule has 0 spiro atoms. The first-order chi connectivity index (χ1) is 32.9. The van der Waals surface area contributed by atoms with Crippen molar-refractivity contribution in [2.24, 2.45) is 0 Å². The molecular weight excluding hydrogens is 928 g/mol. The fourth-order valence-electron chi connectivity index (χ4n) is 7.83. The van der Waals surface area contributed by atoms with Gasteiger partial charge in [0.15, 0.2) is 0 Å². The molecule has 0 radical (unpaired) electrons. The standard InChI is InChI=1S/C55H36N4O.Pt/c1-38-30-55(56-36-50(38)41-20-9-4-10-21-41)59-51-25-12-11-24-48(51)49-29-28-47(35-54(49)59)60-46-23-15-22-44(34-46)57-37-58(53-27-14-13-26-52(53)57)45-32-42(39-16-5-2-6-17-39)31-43(33-45)40-18-7-3-8-19-40;/h2-33,36H,1H3;/q-2;/i1D3,4D,9D,10D,20D,21D;. The summed E-state index contributed by atoms with van der Waals surface area (Å²) in [5, 5.41) is 1.67. The summed E-state index contributed by atoms with van der Waals surface area (Å²) in [6.45, 7) is -2.74. The summed E-state index contributed by atoms with van der Waals surface area (Å²) in [5.41, 5.74) is 8.58. The van der Waals surface area contributed by atoms with Crippen LogP contribution in [0.3, 0.4) is 0 Å². The number of ether oxygens (including phenoxy) is 1. The molecule has 0 bridgehead atoms. The van der Waals surface area contributed by atoms with Gasteiger partial charge in [-0.25, -0.2) is 4.98 Å². The van der Waals surface area contributed by atoms with Crippen molar-refractivity contribution in [3.05, 3.63) is 224 Å². The van der Waals surface area contributed by atoms with Crippen LogP contribution in [-0.4, -0.2) is 14.1 Å². The third-order valence-electron chi connectivity index (χ3n) is 10.6. The van der Waals surface area contributed by atoms with E-state index in [0.717, 1.165) is 55.3 Å². The van der Waals surface area contributed by atoms with Gasteiger partial charge >= 0.3 is 0 Å². The molecule has 6 heteroatoms. The summed E-state index contributed by atoms with van der Waals surface area (Å²) in [5.74, 6) is 1.01. The van der Waals surface area contributed by atoms with Crippen molar-refractivity contribution < 1.29 is 41.3 Å². The average Bonchev–Trinajstić information content (AvgIpc) is 3.92. The Labute approximate surface area is 379 Å². The molecule has 0 aliphatic heterocycles. The van der Waals surface area contributed by atoms with Crippen molar-refractivity contribution >= 4 is 32.8 Å². The molecule has 0 aliphatic carbocycles. The molecule has 0 fully saturated rings. The Kier molecular flexibility index (Phi) is 7.83. The Bertz CT molecular complexity index is 3690. The molecule has 3 aromatic heterocycles. The summed E-state index contributed by atoms with van der Waals surface area (Å²) in [7, 11) is 0. The minimum atomic E-state index is -2.74. The molecule has 0 unspecified atom stereocenters. The monoisotopic (exact) mass is 971 g/mol. The number of para-hydroxylation sites is 3. The second-order valence-corrected chi connectivity index (χ2v) is 14.3. The third kappa shape index (κ3) is 7.03. The molecule has 294 valence electrons. The topological polar surface area (TPSA) is 35.9 Å². The predicted molar refractivity (Wildman–Crippen MR) is 241 cm³/mol. The average molecular weight is 972 g/mol. The van der Waals surface area contributed by atoms with Crippen LogP contribution in [0.1, 0.15) is 16.5 Å². The van der Waals surface area contributed by atoms with Gasteiger partial charge in [0.1, 0.15) is 5.82 Å². The Morgan fingerprint density at radius 2 is 1.30 bits per heavy atom. The van der Waals surface area contributed by atoms with E-state index in [0.29, 0.717) is 22.7 Å². The molecule has 0 aliphatic rings. The SMILES string of the molecule is [2H]c1c([2H])c([2H])c(-c2cnc(-n3c4[c-]c(Oc5[c-]c(-n6[c-][n+](-c7cc(-c8ccccc8)cc(-c8ccccc8)c7)c7ccccc76)ccc5)ccc4c4ccccc43)cc2C([2H])([2H])[2H])c([2H])c1[2H].[Pt]. The number of aryl methyl sites for hydroxylation is 1. The quantitative estimate of drug-likeness (QED) is 0.112. The van der Waals surface area contributed by atoms with Crippen LogP contribution in [0.4, 0.5) is 0 Å². The van der Waals surface area contributed by atoms with Crippen molar-refractivity contribution in [2.75, 3.05) is 0 Å². The Morgan fingerprint density at radius 1 is 0.607 bits per heavy atom. The van der Waals surface area contributed by atoms with Crippen LogP contribution in [0.5, 0.6) is 11.5 Å². The molecule has 0 saturated carbocycles. The van der Waals surface area contributed by atoms with E-state index in [2.05, 4.69) is 76.5 Å². The van der Waals surface area contributed by atoms with E-state index in [1.807, 2.05) is 114 Å². The number of benzene rings is 8. The van der Waals surface area contributed by atoms with Gasteiger partial charge in [0.25, 0.3) is 6.33 Å². The largest absolute Gasteiger partial charge is 0.510 e. The molecule has 0 amide bonds. The van der Waals surface area contributed by atoms with Gasteiger partial charge in [0.05, 0.1) is 23.6 Å². The maximum Gasteiger partial charge on any atom is 0.268 e. The predicted octanol–water partition coefficient (Wildman–Crippen LogP) is 12.9. The normalized spacial score (nSPS) is 13.3. The maximum absolute atomic E-state index is 8.59. The van der Waals surface area contributed by atoms with Gasteiger partial charge in [-0.1, -0.05) is 139 Å². The van der Waals surface area contributed by atoms with Crippen LogP contribution in [-0.2, 0) is 21.1 Å². The van der Waals surface area contributed by atoms with E-state index in [4.69, 9.17) is 15.7 Å². The van der Waals surface area contributed by atoms with Crippen LogP contribution in [0.2, 0.25) is 0 Å². The van der Waals surface area contributed by atoms with E-state index in [1.165, 1.54) is 12.3 Å². The van der Waals surface area contributed by atoms with Crippen molar-refractivity contribution in [3.63, 3.8) is 0 Å². The number of pyridine rings is 1. The van der Waals surface area contributed by atoms with Crippen molar-refractivity contribution in [1.29, 1.82) is 0 Å². The fourth-order valence-corrected chi connectivity index (χ4v) is 7.83. The third-order valence-corrected chi connectivity index (χ3v) is 10.6. The van der Waals surface area contributed by atoms with Crippen molar-refractivity contribution in [2.45, 2.75) is 6.85 Å². The van der Waals surface area contributed by atoms with Crippen LogP contribution >= 0.6 is 0 Å². The summed E-state index contributed by atoms with van der Waals surface area (Å²) in [4.78, 5) is 4.69. The molecule has 0 atom stereocenters. The van der Waals surface area contributed by atoms with Crippen molar-refractivity contribution in [1.82, 2.24) is 14.1 Å². The zero-order valence-corrected chi connectivity index (χ0v) is 34.5. The van der Waals surface area contributed by atoms with Gasteiger partial charge in [-0.2, -0.15) is 18.2 Å². The molecule has 0 saturated heterocycles. The number of hydrogen-bond acceptors (Lipinski definition) is 2. The van der Waals surface area contributed by atoms with E-state index >= 15 is 0 Å². The summed E-state index contributed by atoms with van der Waals surface area (Å²) in [6, 6.07) is 57.9. The van der Waals surface area contributed by atoms with Crippen LogP contribution in [0.25, 0.3) is 83.4 Å². The first-order valence-electron chi connectivity index (χ1n) is 23.4. The second-order valence-electron chi connectivity index (χ2n) is 14.3. The maximum atomic E-state index is 8.59. The molecule has 11 aromatic rings. The minimum Gasteiger partial charge on any atom is -0.510 e. The molecule has 11 rings (SSSR count). The minimum absolute atomic E-state index is 0. The van der Waals surface area contributed by atoms with E-state index in [-0.39, 0.29) is 43.6 Å². The molecular formula is C55H36N4OPt-2. The number of nitrogens with zero attached hydrogens (tertiary/aromatic N) is 4. The Hall–Kier alpha value is -7.33. The zero-order valence-electron chi connectivity index (χ0n) is 40.2. The Morgan fingerprint density at radius 3 is 2.05 bits per heavy atom. The molecule has 0 N–H and O–H groups in total. The van der Waals surface area contributed by atoms with Crippen molar-refractivity contribution in [3.8, 4) is 62.1 Å². The fraction of sp³-hybridized carbons (Fsp3) is 0.0182. The van der Waals surface area contributed by atoms with E-state index in [9.17, 15) is 0 Å². The summed E-state index contributed by atoms with van der Waals surface area (Å²) >= 11 is 0. The number of imidazole rings is 1. The molecule has 3 heterocycles. The summed E-state index contributed by atoms with van der Waals surface area (Å²) in [6.07, 6.45) is 4.88. The van der Waals surface area contributed by atoms with Gasteiger partial charge in [0, 0.05) is 54.0 Å². The first-order valence-corrected chi connectivity index (χ1v) is 19.4. The van der Waals surface area contributed by atoms with Gasteiger partial charge in [-0.3, -0.25) is 4.57 Å². The van der Waals surface area contributed by atoms with Crippen LogP contribution in [0, 0.1) is 25.3 Å². The molecule has 8 aromatic carbocycles. The number of fused-ring (bicyclic) bond motifs is 4. The smallest absolute Gasteiger partial charge is 0.268 e. The van der Waals surface area contributed by atoms with E-state index < -0.39 is 37.1 Å². The number of aromatic nitrogens is 4.